The molecule has 0 saturated carbocycles. The zero-order chi connectivity index (χ0) is 15.3. The van der Waals surface area contributed by atoms with Crippen LogP contribution in [-0.4, -0.2) is 60.6 Å². The topological polar surface area (TPSA) is 108 Å². The van der Waals surface area contributed by atoms with E-state index in [0.717, 1.165) is 0 Å². The third-order valence-corrected chi connectivity index (χ3v) is 2.63. The van der Waals surface area contributed by atoms with Crippen LogP contribution in [0.15, 0.2) is 0 Å². The zero-order valence-corrected chi connectivity index (χ0v) is 11.5. The predicted octanol–water partition coefficient (Wildman–Crippen LogP) is -0.827. The van der Waals surface area contributed by atoms with E-state index in [2.05, 4.69) is 0 Å². The predicted molar refractivity (Wildman–Crippen MR) is 63.5 cm³/mol. The normalized spacial score (nSPS) is 29.4. The summed E-state index contributed by atoms with van der Waals surface area (Å²) in [5.41, 5.74) is 0. The fraction of sp³-hybridized carbons (Fsp3) is 0.750. The van der Waals surface area contributed by atoms with Crippen molar-refractivity contribution in [3.05, 3.63) is 0 Å². The van der Waals surface area contributed by atoms with E-state index in [0.29, 0.717) is 0 Å². The Hall–Kier alpha value is -1.67. The van der Waals surface area contributed by atoms with Crippen LogP contribution in [0.3, 0.4) is 0 Å². The number of aliphatic hydroxyl groups excluding tert-OH is 1. The van der Waals surface area contributed by atoms with Gasteiger partial charge in [0.25, 0.3) is 0 Å². The number of hydrogen-bond donors (Lipinski definition) is 1. The van der Waals surface area contributed by atoms with E-state index in [9.17, 15) is 19.5 Å². The van der Waals surface area contributed by atoms with Crippen LogP contribution in [0.5, 0.6) is 0 Å². The Bertz CT molecular complexity index is 380. The van der Waals surface area contributed by atoms with Crippen molar-refractivity contribution in [3.8, 4) is 0 Å². The van der Waals surface area contributed by atoms with E-state index >= 15 is 0 Å². The second-order valence-electron chi connectivity index (χ2n) is 4.35. The van der Waals surface area contributed by atoms with Crippen molar-refractivity contribution in [1.82, 2.24) is 0 Å². The van der Waals surface area contributed by atoms with Crippen molar-refractivity contribution < 1.29 is 38.4 Å². The standard InChI is InChI=1S/C12H18O8/c1-6(14)18-10-5-17-9(4-13)11(19-7(2)15)12(10)20-8(3)16/h9-13H,4-5H2,1-3H3/t9-,10+,11+,12-/m1/s1. The molecule has 8 nitrogen and oxygen atoms in total. The van der Waals surface area contributed by atoms with E-state index < -0.39 is 48.9 Å². The molecule has 0 aliphatic carbocycles. The van der Waals surface area contributed by atoms with Crippen LogP contribution >= 0.6 is 0 Å². The summed E-state index contributed by atoms with van der Waals surface area (Å²) in [5.74, 6) is -1.83. The van der Waals surface area contributed by atoms with Crippen LogP contribution in [0, 0.1) is 0 Å². The highest BCUT2D eigenvalue weighted by atomic mass is 16.6. The molecule has 1 fully saturated rings. The maximum atomic E-state index is 11.2. The summed E-state index contributed by atoms with van der Waals surface area (Å²) in [5, 5.41) is 9.23. The second-order valence-corrected chi connectivity index (χ2v) is 4.35. The summed E-state index contributed by atoms with van der Waals surface area (Å²) < 4.78 is 20.4. The third kappa shape index (κ3) is 4.46. The largest absolute Gasteiger partial charge is 0.456 e. The monoisotopic (exact) mass is 290 g/mol. The lowest BCUT2D eigenvalue weighted by atomic mass is 9.99. The quantitative estimate of drug-likeness (QED) is 0.528. The van der Waals surface area contributed by atoms with Gasteiger partial charge in [-0.05, 0) is 0 Å². The molecule has 4 atom stereocenters. The Kier molecular flexibility index (Phi) is 5.90. The Morgan fingerprint density at radius 1 is 1.00 bits per heavy atom. The molecule has 1 aliphatic rings. The highest BCUT2D eigenvalue weighted by molar-refractivity contribution is 5.68. The van der Waals surface area contributed by atoms with Crippen molar-refractivity contribution in [3.63, 3.8) is 0 Å². The van der Waals surface area contributed by atoms with Crippen molar-refractivity contribution in [2.24, 2.45) is 0 Å². The highest BCUT2D eigenvalue weighted by Crippen LogP contribution is 2.24. The number of esters is 3. The van der Waals surface area contributed by atoms with Crippen molar-refractivity contribution in [2.45, 2.75) is 45.2 Å². The first-order chi connectivity index (χ1) is 9.35. The number of carbonyl (C=O) groups is 3. The molecule has 114 valence electrons. The first-order valence-corrected chi connectivity index (χ1v) is 6.09. The van der Waals surface area contributed by atoms with Crippen molar-refractivity contribution >= 4 is 17.9 Å². The zero-order valence-electron chi connectivity index (χ0n) is 11.5. The minimum absolute atomic E-state index is 0.0689. The van der Waals surface area contributed by atoms with Gasteiger partial charge >= 0.3 is 17.9 Å². The van der Waals surface area contributed by atoms with Gasteiger partial charge in [-0.3, -0.25) is 14.4 Å². The Labute approximate surface area is 115 Å². The van der Waals surface area contributed by atoms with Gasteiger partial charge in [0.1, 0.15) is 6.10 Å². The molecule has 0 aromatic heterocycles. The molecule has 0 aromatic carbocycles. The minimum Gasteiger partial charge on any atom is -0.456 e. The van der Waals surface area contributed by atoms with Gasteiger partial charge in [-0.25, -0.2) is 0 Å². The lowest BCUT2D eigenvalue weighted by Gasteiger charge is -2.39. The summed E-state index contributed by atoms with van der Waals surface area (Å²) in [6, 6.07) is 0. The van der Waals surface area contributed by atoms with Crippen molar-refractivity contribution in [2.75, 3.05) is 13.2 Å². The van der Waals surface area contributed by atoms with Gasteiger partial charge in [-0.2, -0.15) is 0 Å². The van der Waals surface area contributed by atoms with Crippen LogP contribution in [-0.2, 0) is 33.3 Å². The third-order valence-electron chi connectivity index (χ3n) is 2.63. The van der Waals surface area contributed by atoms with Crippen molar-refractivity contribution in [1.29, 1.82) is 0 Å². The summed E-state index contributed by atoms with van der Waals surface area (Å²) >= 11 is 0. The molecule has 20 heavy (non-hydrogen) atoms. The van der Waals surface area contributed by atoms with Gasteiger partial charge in [0.05, 0.1) is 13.2 Å². The SMILES string of the molecule is CC(=O)O[C@@H]1[C@H](OC(C)=O)[C@@H](OC(C)=O)CO[C@@H]1CO. The molecule has 1 aliphatic heterocycles. The minimum atomic E-state index is -1.04. The van der Waals surface area contributed by atoms with Gasteiger partial charge < -0.3 is 24.1 Å². The van der Waals surface area contributed by atoms with E-state index in [-0.39, 0.29) is 6.61 Å². The summed E-state index contributed by atoms with van der Waals surface area (Å²) in [6.45, 7) is 3.06. The van der Waals surface area contributed by atoms with E-state index in [1.54, 1.807) is 0 Å². The molecule has 0 unspecified atom stereocenters. The lowest BCUT2D eigenvalue weighted by molar-refractivity contribution is -0.229. The van der Waals surface area contributed by atoms with Gasteiger partial charge in [0.2, 0.25) is 0 Å². The number of aliphatic hydroxyl groups is 1. The van der Waals surface area contributed by atoms with Crippen LogP contribution in [0.2, 0.25) is 0 Å². The highest BCUT2D eigenvalue weighted by Gasteiger charge is 2.46. The maximum absolute atomic E-state index is 11.2. The van der Waals surface area contributed by atoms with Crippen LogP contribution in [0.1, 0.15) is 20.8 Å². The molecule has 0 amide bonds. The molecule has 1 N–H and O–H groups in total. The molecule has 8 heteroatoms. The van der Waals surface area contributed by atoms with Gasteiger partial charge in [-0.1, -0.05) is 0 Å². The first kappa shape index (κ1) is 16.4. The maximum Gasteiger partial charge on any atom is 0.303 e. The molecular formula is C12H18O8. The van der Waals surface area contributed by atoms with Gasteiger partial charge in [-0.15, -0.1) is 0 Å². The average molecular weight is 290 g/mol. The lowest BCUT2D eigenvalue weighted by Crippen LogP contribution is -2.58. The number of carbonyl (C=O) groups excluding carboxylic acids is 3. The molecule has 1 saturated heterocycles. The fourth-order valence-corrected chi connectivity index (χ4v) is 1.97. The van der Waals surface area contributed by atoms with Crippen LogP contribution < -0.4 is 0 Å². The smallest absolute Gasteiger partial charge is 0.303 e. The Morgan fingerprint density at radius 2 is 1.50 bits per heavy atom. The number of hydrogen-bond acceptors (Lipinski definition) is 8. The van der Waals surface area contributed by atoms with E-state index in [1.807, 2.05) is 0 Å². The van der Waals surface area contributed by atoms with Crippen LogP contribution in [0.4, 0.5) is 0 Å². The average Bonchev–Trinajstić information content (AvgIpc) is 2.31. The molecule has 0 spiro atoms. The number of ether oxygens (including phenoxy) is 4. The first-order valence-electron chi connectivity index (χ1n) is 6.09. The van der Waals surface area contributed by atoms with Crippen LogP contribution in [0.25, 0.3) is 0 Å². The number of rotatable bonds is 4. The molecule has 0 aromatic rings. The molecular weight excluding hydrogens is 272 g/mol. The van der Waals surface area contributed by atoms with Gasteiger partial charge in [0, 0.05) is 20.8 Å². The Morgan fingerprint density at radius 3 is 1.95 bits per heavy atom. The second kappa shape index (κ2) is 7.20. The molecule has 0 radical (unpaired) electrons. The van der Waals surface area contributed by atoms with E-state index in [1.165, 1.54) is 20.8 Å². The molecule has 0 bridgehead atoms. The van der Waals surface area contributed by atoms with Gasteiger partial charge in [0.15, 0.2) is 18.3 Å². The summed E-state index contributed by atoms with van der Waals surface area (Å²) in [7, 11) is 0. The fourth-order valence-electron chi connectivity index (χ4n) is 1.97. The van der Waals surface area contributed by atoms with E-state index in [4.69, 9.17) is 18.9 Å². The summed E-state index contributed by atoms with van der Waals surface area (Å²) in [6.07, 6.45) is -3.82. The molecule has 1 rings (SSSR count). The summed E-state index contributed by atoms with van der Waals surface area (Å²) in [4.78, 5) is 33.3. The molecule has 1 heterocycles. The Balaban J connectivity index is 2.95.